The molecule has 0 aliphatic heterocycles. The van der Waals surface area contributed by atoms with Crippen LogP contribution in [0.1, 0.15) is 27.7 Å². The second-order valence-corrected chi connectivity index (χ2v) is 4.92. The highest BCUT2D eigenvalue weighted by Crippen LogP contribution is 2.25. The van der Waals surface area contributed by atoms with Crippen molar-refractivity contribution in [1.82, 2.24) is 0 Å². The molecule has 4 heteroatoms. The first kappa shape index (κ1) is 14.5. The van der Waals surface area contributed by atoms with Gasteiger partial charge in [-0.1, -0.05) is 26.0 Å². The van der Waals surface area contributed by atoms with Crippen molar-refractivity contribution in [3.05, 3.63) is 24.3 Å². The highest BCUT2D eigenvalue weighted by molar-refractivity contribution is 5.96. The van der Waals surface area contributed by atoms with Crippen LogP contribution in [0.3, 0.4) is 0 Å². The van der Waals surface area contributed by atoms with Gasteiger partial charge in [0.05, 0.1) is 17.8 Å². The van der Waals surface area contributed by atoms with E-state index in [0.717, 1.165) is 0 Å². The average molecular weight is 250 g/mol. The third-order valence-corrected chi connectivity index (χ3v) is 2.53. The molecule has 0 unspecified atom stereocenters. The molecule has 0 bridgehead atoms. The van der Waals surface area contributed by atoms with Gasteiger partial charge in [-0.2, -0.15) is 0 Å². The molecule has 0 aromatic heterocycles. The third kappa shape index (κ3) is 4.04. The fourth-order valence-electron chi connectivity index (χ4n) is 1.45. The predicted octanol–water partition coefficient (Wildman–Crippen LogP) is 2.40. The summed E-state index contributed by atoms with van der Waals surface area (Å²) in [7, 11) is 0. The Morgan fingerprint density at radius 2 is 1.83 bits per heavy atom. The zero-order valence-corrected chi connectivity index (χ0v) is 11.4. The zero-order valence-electron chi connectivity index (χ0n) is 11.4. The molecule has 0 saturated heterocycles. The van der Waals surface area contributed by atoms with Crippen molar-refractivity contribution in [1.29, 1.82) is 0 Å². The van der Waals surface area contributed by atoms with E-state index in [2.05, 4.69) is 5.32 Å². The molecule has 3 N–H and O–H groups in total. The lowest BCUT2D eigenvalue weighted by Gasteiger charge is -2.18. The molecule has 1 amide bonds. The van der Waals surface area contributed by atoms with Gasteiger partial charge in [0.15, 0.2) is 0 Å². The number of hydrogen-bond donors (Lipinski definition) is 2. The van der Waals surface area contributed by atoms with Crippen molar-refractivity contribution in [3.8, 4) is 5.75 Å². The number of carbonyl (C=O) groups is 1. The van der Waals surface area contributed by atoms with Crippen LogP contribution in [0.5, 0.6) is 5.75 Å². The predicted molar refractivity (Wildman–Crippen MR) is 73.6 cm³/mol. The van der Waals surface area contributed by atoms with Crippen LogP contribution < -0.4 is 15.8 Å². The topological polar surface area (TPSA) is 64.3 Å². The summed E-state index contributed by atoms with van der Waals surface area (Å²) < 4.78 is 5.63. The molecular formula is C14H22N2O2. The van der Waals surface area contributed by atoms with E-state index in [1.165, 1.54) is 0 Å². The molecule has 1 rings (SSSR count). The van der Waals surface area contributed by atoms with E-state index in [1.54, 1.807) is 0 Å². The van der Waals surface area contributed by atoms with Gasteiger partial charge in [0.1, 0.15) is 5.75 Å². The van der Waals surface area contributed by atoms with Gasteiger partial charge >= 0.3 is 0 Å². The number of para-hydroxylation sites is 2. The highest BCUT2D eigenvalue weighted by Gasteiger charge is 2.18. The molecule has 0 saturated carbocycles. The molecule has 100 valence electrons. The van der Waals surface area contributed by atoms with E-state index < -0.39 is 6.04 Å². The molecule has 4 nitrogen and oxygen atoms in total. The molecule has 0 aliphatic carbocycles. The number of nitrogens with two attached hydrogens (primary N) is 1. The summed E-state index contributed by atoms with van der Waals surface area (Å²) in [6, 6.07) is 6.84. The summed E-state index contributed by atoms with van der Waals surface area (Å²) in [6.07, 6.45) is 0.0572. The Bertz CT molecular complexity index is 403. The lowest BCUT2D eigenvalue weighted by atomic mass is 10.0. The Balaban J connectivity index is 2.81. The van der Waals surface area contributed by atoms with Crippen molar-refractivity contribution in [3.63, 3.8) is 0 Å². The normalized spacial score (nSPS) is 12.6. The molecule has 1 atom stereocenters. The quantitative estimate of drug-likeness (QED) is 0.843. The summed E-state index contributed by atoms with van der Waals surface area (Å²) in [5, 5.41) is 2.81. The Hall–Kier alpha value is -1.55. The Morgan fingerprint density at radius 1 is 1.22 bits per heavy atom. The number of hydrogen-bond acceptors (Lipinski definition) is 3. The highest BCUT2D eigenvalue weighted by atomic mass is 16.5. The minimum Gasteiger partial charge on any atom is -0.489 e. The molecule has 1 aromatic carbocycles. The van der Waals surface area contributed by atoms with Crippen LogP contribution in [0.4, 0.5) is 5.69 Å². The van der Waals surface area contributed by atoms with Crippen LogP contribution in [-0.2, 0) is 4.79 Å². The second kappa shape index (κ2) is 6.40. The van der Waals surface area contributed by atoms with Crippen LogP contribution in [0, 0.1) is 5.92 Å². The van der Waals surface area contributed by atoms with Crippen LogP contribution in [0.15, 0.2) is 24.3 Å². The van der Waals surface area contributed by atoms with Gasteiger partial charge in [-0.05, 0) is 31.9 Å². The Kier molecular flexibility index (Phi) is 5.16. The van der Waals surface area contributed by atoms with E-state index in [9.17, 15) is 4.79 Å². The van der Waals surface area contributed by atoms with Crippen molar-refractivity contribution < 1.29 is 9.53 Å². The summed E-state index contributed by atoms with van der Waals surface area (Å²) in [4.78, 5) is 11.9. The summed E-state index contributed by atoms with van der Waals surface area (Å²) >= 11 is 0. The van der Waals surface area contributed by atoms with Crippen molar-refractivity contribution in [2.24, 2.45) is 11.7 Å². The van der Waals surface area contributed by atoms with Crippen LogP contribution >= 0.6 is 0 Å². The Labute approximate surface area is 109 Å². The Morgan fingerprint density at radius 3 is 2.39 bits per heavy atom. The first-order valence-electron chi connectivity index (χ1n) is 6.24. The van der Waals surface area contributed by atoms with Crippen molar-refractivity contribution >= 4 is 11.6 Å². The SMILES string of the molecule is CC(C)Oc1ccccc1NC(=O)[C@@H](N)C(C)C. The molecule has 0 heterocycles. The van der Waals surface area contributed by atoms with Gasteiger partial charge in [0.25, 0.3) is 0 Å². The largest absolute Gasteiger partial charge is 0.489 e. The smallest absolute Gasteiger partial charge is 0.241 e. The summed E-state index contributed by atoms with van der Waals surface area (Å²) in [6.45, 7) is 7.72. The number of rotatable bonds is 5. The summed E-state index contributed by atoms with van der Waals surface area (Å²) in [5.41, 5.74) is 6.47. The van der Waals surface area contributed by atoms with Crippen LogP contribution in [0.25, 0.3) is 0 Å². The van der Waals surface area contributed by atoms with Crippen molar-refractivity contribution in [2.45, 2.75) is 39.8 Å². The van der Waals surface area contributed by atoms with E-state index in [-0.39, 0.29) is 17.9 Å². The number of benzene rings is 1. The second-order valence-electron chi connectivity index (χ2n) is 4.92. The van der Waals surface area contributed by atoms with Crippen LogP contribution in [0.2, 0.25) is 0 Å². The number of amides is 1. The lowest BCUT2D eigenvalue weighted by molar-refractivity contribution is -0.118. The fourth-order valence-corrected chi connectivity index (χ4v) is 1.45. The molecule has 0 spiro atoms. The van der Waals surface area contributed by atoms with Crippen LogP contribution in [-0.4, -0.2) is 18.1 Å². The molecule has 1 aromatic rings. The van der Waals surface area contributed by atoms with Gasteiger partial charge in [-0.3, -0.25) is 4.79 Å². The maximum Gasteiger partial charge on any atom is 0.241 e. The van der Waals surface area contributed by atoms with E-state index >= 15 is 0 Å². The van der Waals surface area contributed by atoms with Crippen molar-refractivity contribution in [2.75, 3.05) is 5.32 Å². The van der Waals surface area contributed by atoms with Gasteiger partial charge in [-0.15, -0.1) is 0 Å². The number of ether oxygens (including phenoxy) is 1. The molecule has 0 aliphatic rings. The first-order valence-corrected chi connectivity index (χ1v) is 6.24. The average Bonchev–Trinajstić information content (AvgIpc) is 2.29. The standard InChI is InChI=1S/C14H22N2O2/c1-9(2)13(15)14(17)16-11-7-5-6-8-12(11)18-10(3)4/h5-10,13H,15H2,1-4H3,(H,16,17)/t13-/m0/s1. The molecule has 0 fully saturated rings. The number of carbonyl (C=O) groups excluding carboxylic acids is 1. The minimum atomic E-state index is -0.517. The maximum atomic E-state index is 11.9. The lowest BCUT2D eigenvalue weighted by Crippen LogP contribution is -2.39. The summed E-state index contributed by atoms with van der Waals surface area (Å²) in [5.74, 6) is 0.574. The molecule has 0 radical (unpaired) electrons. The minimum absolute atomic E-state index is 0.0572. The maximum absolute atomic E-state index is 11.9. The van der Waals surface area contributed by atoms with Gasteiger partial charge < -0.3 is 15.8 Å². The van der Waals surface area contributed by atoms with E-state index in [1.807, 2.05) is 52.0 Å². The monoisotopic (exact) mass is 250 g/mol. The first-order chi connectivity index (χ1) is 8.41. The van der Waals surface area contributed by atoms with Gasteiger partial charge in [-0.25, -0.2) is 0 Å². The molecule has 18 heavy (non-hydrogen) atoms. The zero-order chi connectivity index (χ0) is 13.7. The molecular weight excluding hydrogens is 228 g/mol. The fraction of sp³-hybridized carbons (Fsp3) is 0.500. The van der Waals surface area contributed by atoms with Gasteiger partial charge in [0, 0.05) is 0 Å². The van der Waals surface area contributed by atoms with E-state index in [4.69, 9.17) is 10.5 Å². The van der Waals surface area contributed by atoms with Gasteiger partial charge in [0.2, 0.25) is 5.91 Å². The number of anilines is 1. The number of nitrogens with one attached hydrogen (secondary N) is 1. The van der Waals surface area contributed by atoms with E-state index in [0.29, 0.717) is 11.4 Å². The third-order valence-electron chi connectivity index (χ3n) is 2.53.